The third-order valence-electron chi connectivity index (χ3n) is 12.7. The third-order valence-corrected chi connectivity index (χ3v) is 13.6. The molecule has 4 saturated carbocycles. The van der Waals surface area contributed by atoms with Crippen LogP contribution >= 0.6 is 7.60 Å². The van der Waals surface area contributed by atoms with Gasteiger partial charge in [0.05, 0.1) is 24.3 Å². The Labute approximate surface area is 276 Å². The van der Waals surface area contributed by atoms with Gasteiger partial charge >= 0.3 is 25.5 Å². The number of carbonyl (C=O) groups is 4. The Morgan fingerprint density at radius 2 is 1.62 bits per heavy atom. The van der Waals surface area contributed by atoms with Crippen molar-refractivity contribution in [2.24, 2.45) is 52.3 Å². The summed E-state index contributed by atoms with van der Waals surface area (Å²) in [6.07, 6.45) is 6.53. The van der Waals surface area contributed by atoms with Crippen LogP contribution in [0.3, 0.4) is 0 Å². The van der Waals surface area contributed by atoms with Crippen molar-refractivity contribution in [3.63, 3.8) is 0 Å². The first-order chi connectivity index (χ1) is 22.0. The van der Waals surface area contributed by atoms with Crippen LogP contribution in [0.15, 0.2) is 0 Å². The molecule has 0 aromatic rings. The molecular weight excluding hydrogens is 633 g/mol. The Morgan fingerprint density at radius 3 is 2.30 bits per heavy atom. The van der Waals surface area contributed by atoms with E-state index in [1.165, 1.54) is 0 Å². The lowest BCUT2D eigenvalue weighted by atomic mass is 9.43. The number of hydrogen-bond donors (Lipinski definition) is 6. The number of carboxylic acid groups (broad SMARTS) is 1. The lowest BCUT2D eigenvalue weighted by molar-refractivity contribution is -0.175. The van der Waals surface area contributed by atoms with Crippen LogP contribution in [-0.2, 0) is 33.2 Å². The van der Waals surface area contributed by atoms with E-state index in [2.05, 4.69) is 26.1 Å². The molecule has 6 N–H and O–H groups in total. The molecule has 1 amide bonds. The van der Waals surface area contributed by atoms with Crippen molar-refractivity contribution < 1.29 is 58.3 Å². The summed E-state index contributed by atoms with van der Waals surface area (Å²) in [5.74, 6) is -2.38. The lowest BCUT2D eigenvalue weighted by Gasteiger charge is -2.62. The zero-order valence-electron chi connectivity index (χ0n) is 27.8. The monoisotopic (exact) mass is 687 g/mol. The molecule has 0 aromatic heterocycles. The molecule has 14 heteroatoms. The van der Waals surface area contributed by atoms with Crippen LogP contribution in [-0.4, -0.2) is 80.6 Å². The van der Waals surface area contributed by atoms with Gasteiger partial charge in [-0.05, 0) is 111 Å². The number of ether oxygens (including phenoxy) is 2. The Hall–Kier alpha value is -2.05. The normalized spacial score (nSPS) is 36.2. The van der Waals surface area contributed by atoms with Crippen LogP contribution in [0.4, 0.5) is 0 Å². The summed E-state index contributed by atoms with van der Waals surface area (Å²) in [7, 11) is -4.58. The van der Waals surface area contributed by atoms with E-state index >= 15 is 0 Å². The van der Waals surface area contributed by atoms with Gasteiger partial charge < -0.3 is 39.9 Å². The number of aliphatic hydroxyl groups excluding tert-OH is 2. The highest BCUT2D eigenvalue weighted by molar-refractivity contribution is 7.51. The molecule has 0 aromatic carbocycles. The smallest absolute Gasteiger partial charge is 0.328 e. The van der Waals surface area contributed by atoms with Gasteiger partial charge in [-0.1, -0.05) is 20.8 Å². The van der Waals surface area contributed by atoms with Crippen molar-refractivity contribution in [1.82, 2.24) is 5.32 Å². The molecular formula is C33H54NO12P. The first-order valence-electron chi connectivity index (χ1n) is 17.2. The Balaban J connectivity index is 1.17. The average molecular weight is 688 g/mol. The van der Waals surface area contributed by atoms with Crippen LogP contribution < -0.4 is 5.32 Å². The minimum atomic E-state index is -4.58. The van der Waals surface area contributed by atoms with E-state index in [1.807, 2.05) is 0 Å². The zero-order valence-corrected chi connectivity index (χ0v) is 28.7. The van der Waals surface area contributed by atoms with Crippen LogP contribution in [0.5, 0.6) is 0 Å². The predicted octanol–water partition coefficient (Wildman–Crippen LogP) is 3.21. The highest BCUT2D eigenvalue weighted by atomic mass is 31.2. The quantitative estimate of drug-likeness (QED) is 0.0882. The van der Waals surface area contributed by atoms with Crippen molar-refractivity contribution in [1.29, 1.82) is 0 Å². The summed E-state index contributed by atoms with van der Waals surface area (Å²) in [5.41, 5.74) is -0.0272. The van der Waals surface area contributed by atoms with E-state index in [9.17, 15) is 34.0 Å². The van der Waals surface area contributed by atoms with Gasteiger partial charge in [0.25, 0.3) is 0 Å². The van der Waals surface area contributed by atoms with Crippen molar-refractivity contribution >= 4 is 31.4 Å². The summed E-state index contributed by atoms with van der Waals surface area (Å²) in [5, 5.41) is 33.6. The first-order valence-corrected chi connectivity index (χ1v) is 19.0. The second kappa shape index (κ2) is 15.2. The molecule has 0 spiro atoms. The summed E-state index contributed by atoms with van der Waals surface area (Å²) in [6, 6.07) is 0. The highest BCUT2D eigenvalue weighted by Crippen LogP contribution is 2.68. The van der Waals surface area contributed by atoms with Crippen LogP contribution in [0.2, 0.25) is 0 Å². The van der Waals surface area contributed by atoms with Crippen LogP contribution in [0.25, 0.3) is 0 Å². The van der Waals surface area contributed by atoms with Gasteiger partial charge in [-0.25, -0.2) is 0 Å². The Morgan fingerprint density at radius 1 is 0.915 bits per heavy atom. The predicted molar refractivity (Wildman–Crippen MR) is 168 cm³/mol. The van der Waals surface area contributed by atoms with Crippen LogP contribution in [0, 0.1) is 52.3 Å². The molecule has 4 aliphatic rings. The van der Waals surface area contributed by atoms with Crippen molar-refractivity contribution in [2.75, 3.05) is 19.5 Å². The second-order valence-electron chi connectivity index (χ2n) is 15.3. The number of carboxylic acids is 1. The SMILES string of the molecule is CC(CCC(=O)NCC(=O)OCOC(=O)CCC(CP(=O)(O)O)C(=O)O)C1CCC2C3CCC4C[C@H](O)CC[C@]4(C)C3C[C@H](O)[C@]12C. The molecule has 0 radical (unpaired) electrons. The summed E-state index contributed by atoms with van der Waals surface area (Å²) >= 11 is 0. The van der Waals surface area contributed by atoms with E-state index in [0.717, 1.165) is 51.4 Å². The average Bonchev–Trinajstić information content (AvgIpc) is 3.36. The molecule has 11 atom stereocenters. The fourth-order valence-corrected chi connectivity index (χ4v) is 11.0. The van der Waals surface area contributed by atoms with E-state index in [1.54, 1.807) is 0 Å². The minimum absolute atomic E-state index is 0.177. The molecule has 268 valence electrons. The number of nitrogens with one attached hydrogen (secondary N) is 1. The molecule has 4 aliphatic carbocycles. The maximum atomic E-state index is 12.6. The zero-order chi connectivity index (χ0) is 34.7. The van der Waals surface area contributed by atoms with Crippen molar-refractivity contribution in [2.45, 2.75) is 110 Å². The van der Waals surface area contributed by atoms with Gasteiger partial charge in [-0.15, -0.1) is 0 Å². The number of aliphatic hydroxyl groups is 2. The molecule has 0 aliphatic heterocycles. The molecule has 0 bridgehead atoms. The maximum Gasteiger partial charge on any atom is 0.328 e. The van der Waals surface area contributed by atoms with Gasteiger partial charge in [0.2, 0.25) is 12.7 Å². The van der Waals surface area contributed by atoms with Gasteiger partial charge in [-0.2, -0.15) is 0 Å². The van der Waals surface area contributed by atoms with Crippen LogP contribution in [0.1, 0.15) is 97.8 Å². The molecule has 0 heterocycles. The summed E-state index contributed by atoms with van der Waals surface area (Å²) < 4.78 is 20.6. The molecule has 0 saturated heterocycles. The van der Waals surface area contributed by atoms with Crippen molar-refractivity contribution in [3.05, 3.63) is 0 Å². The number of rotatable bonds is 14. The van der Waals surface area contributed by atoms with Gasteiger partial charge in [0.1, 0.15) is 6.54 Å². The molecule has 13 nitrogen and oxygen atoms in total. The molecule has 7 unspecified atom stereocenters. The van der Waals surface area contributed by atoms with Gasteiger partial charge in [0, 0.05) is 12.8 Å². The third kappa shape index (κ3) is 8.76. The highest BCUT2D eigenvalue weighted by Gasteiger charge is 2.63. The minimum Gasteiger partial charge on any atom is -0.481 e. The number of aliphatic carboxylic acids is 1. The second-order valence-corrected chi connectivity index (χ2v) is 16.9. The summed E-state index contributed by atoms with van der Waals surface area (Å²) in [6.45, 7) is 5.66. The fourth-order valence-electron chi connectivity index (χ4n) is 10.1. The van der Waals surface area contributed by atoms with Crippen molar-refractivity contribution in [3.8, 4) is 0 Å². The lowest BCUT2D eigenvalue weighted by Crippen LogP contribution is -2.58. The number of amides is 1. The van der Waals surface area contributed by atoms with Gasteiger partial charge in [0.15, 0.2) is 0 Å². The molecule has 47 heavy (non-hydrogen) atoms. The largest absolute Gasteiger partial charge is 0.481 e. The number of esters is 2. The molecule has 4 fully saturated rings. The fraction of sp³-hybridized carbons (Fsp3) is 0.879. The first kappa shape index (κ1) is 37.8. The van der Waals surface area contributed by atoms with E-state index in [-0.39, 0.29) is 47.5 Å². The molecule has 4 rings (SSSR count). The number of carbonyl (C=O) groups excluding carboxylic acids is 3. The topological polar surface area (TPSA) is 217 Å². The maximum absolute atomic E-state index is 12.6. The Bertz CT molecular complexity index is 1210. The van der Waals surface area contributed by atoms with E-state index in [4.69, 9.17) is 24.4 Å². The van der Waals surface area contributed by atoms with E-state index < -0.39 is 63.4 Å². The number of fused-ring (bicyclic) bond motifs is 5. The van der Waals surface area contributed by atoms with E-state index in [0.29, 0.717) is 30.1 Å². The van der Waals surface area contributed by atoms with Gasteiger partial charge in [-0.3, -0.25) is 23.7 Å². The number of hydrogen-bond acceptors (Lipinski definition) is 9. The standard InChI is InChI=1S/C33H54NO12P/c1-19(4-10-28(37)34-16-30(39)46-18-45-29(38)11-5-20(31(40)41)17-47(42,43)44)24-8-9-25-23-7-6-21-14-22(35)12-13-32(21,2)26(23)15-27(36)33(24,25)3/h19-27,35-36H,4-18H2,1-3H3,(H,34,37)(H,40,41)(H2,42,43,44)/t19?,20?,21?,22-,23?,24?,25?,26?,27+,32+,33-/m1/s1. The Kier molecular flexibility index (Phi) is 12.2. The summed E-state index contributed by atoms with van der Waals surface area (Å²) in [4.78, 5) is 65.5.